The summed E-state index contributed by atoms with van der Waals surface area (Å²) in [5.41, 5.74) is 5.60. The van der Waals surface area contributed by atoms with E-state index in [9.17, 15) is 18.0 Å². The van der Waals surface area contributed by atoms with Crippen molar-refractivity contribution in [2.75, 3.05) is 13.6 Å². The molecular formula is C20H31N3O4S. The molecule has 0 aromatic heterocycles. The van der Waals surface area contributed by atoms with Crippen LogP contribution in [-0.2, 0) is 19.6 Å². The third-order valence-electron chi connectivity index (χ3n) is 5.18. The SMILES string of the molecule is Cc1ccc(S(=O)(=O)N(C)CC(=O)NNC(=O)CCCC2CCCCC2)cc1. The largest absolute Gasteiger partial charge is 0.273 e. The van der Waals surface area contributed by atoms with Crippen molar-refractivity contribution in [2.45, 2.75) is 63.2 Å². The van der Waals surface area contributed by atoms with Gasteiger partial charge in [-0.05, 0) is 37.8 Å². The Balaban J connectivity index is 1.70. The van der Waals surface area contributed by atoms with Gasteiger partial charge in [-0.1, -0.05) is 49.8 Å². The molecule has 1 fully saturated rings. The number of hydrogen-bond donors (Lipinski definition) is 2. The maximum atomic E-state index is 12.5. The standard InChI is InChI=1S/C20H31N3O4S/c1-16-11-13-18(14-12-16)28(26,27)23(2)15-20(25)22-21-19(24)10-6-9-17-7-4-3-5-8-17/h11-14,17H,3-10,15H2,1-2H3,(H,21,24)(H,22,25). The Labute approximate surface area is 167 Å². The summed E-state index contributed by atoms with van der Waals surface area (Å²) in [6.07, 6.45) is 8.58. The maximum Gasteiger partial charge on any atom is 0.253 e. The van der Waals surface area contributed by atoms with Crippen LogP contribution in [-0.4, -0.2) is 38.1 Å². The minimum absolute atomic E-state index is 0.125. The third kappa shape index (κ3) is 6.91. The number of sulfonamides is 1. The van der Waals surface area contributed by atoms with E-state index in [0.29, 0.717) is 6.42 Å². The van der Waals surface area contributed by atoms with Crippen LogP contribution < -0.4 is 10.9 Å². The molecule has 156 valence electrons. The molecule has 0 unspecified atom stereocenters. The van der Waals surface area contributed by atoms with Crippen LogP contribution in [0.3, 0.4) is 0 Å². The van der Waals surface area contributed by atoms with E-state index in [4.69, 9.17) is 0 Å². The number of carbonyl (C=O) groups excluding carboxylic acids is 2. The lowest BCUT2D eigenvalue weighted by atomic mass is 9.86. The second-order valence-electron chi connectivity index (χ2n) is 7.57. The molecule has 0 heterocycles. The van der Waals surface area contributed by atoms with Crippen LogP contribution in [0.5, 0.6) is 0 Å². The molecule has 0 aliphatic heterocycles. The van der Waals surface area contributed by atoms with Crippen molar-refractivity contribution in [3.63, 3.8) is 0 Å². The molecule has 0 spiro atoms. The van der Waals surface area contributed by atoms with Crippen LogP contribution >= 0.6 is 0 Å². The van der Waals surface area contributed by atoms with E-state index in [1.54, 1.807) is 12.1 Å². The molecule has 1 aliphatic rings. The quantitative estimate of drug-likeness (QED) is 0.645. The van der Waals surface area contributed by atoms with E-state index < -0.39 is 15.9 Å². The Kier molecular flexibility index (Phi) is 8.44. The number of nitrogens with one attached hydrogen (secondary N) is 2. The third-order valence-corrected chi connectivity index (χ3v) is 7.00. The summed E-state index contributed by atoms with van der Waals surface area (Å²) < 4.78 is 25.9. The van der Waals surface area contributed by atoms with E-state index in [2.05, 4.69) is 10.9 Å². The predicted molar refractivity (Wildman–Crippen MR) is 108 cm³/mol. The topological polar surface area (TPSA) is 95.6 Å². The van der Waals surface area contributed by atoms with Crippen LogP contribution in [0.1, 0.15) is 56.9 Å². The minimum atomic E-state index is -3.76. The number of rotatable bonds is 8. The van der Waals surface area contributed by atoms with Gasteiger partial charge < -0.3 is 0 Å². The monoisotopic (exact) mass is 409 g/mol. The fourth-order valence-electron chi connectivity index (χ4n) is 3.45. The molecule has 0 atom stereocenters. The number of aryl methyl sites for hydroxylation is 1. The van der Waals surface area contributed by atoms with Crippen molar-refractivity contribution >= 4 is 21.8 Å². The number of amides is 2. The first-order valence-electron chi connectivity index (χ1n) is 9.89. The van der Waals surface area contributed by atoms with Crippen molar-refractivity contribution < 1.29 is 18.0 Å². The fraction of sp³-hybridized carbons (Fsp3) is 0.600. The van der Waals surface area contributed by atoms with Crippen molar-refractivity contribution in [3.05, 3.63) is 29.8 Å². The number of nitrogens with zero attached hydrogens (tertiary/aromatic N) is 1. The van der Waals surface area contributed by atoms with Gasteiger partial charge in [-0.25, -0.2) is 8.42 Å². The lowest BCUT2D eigenvalue weighted by Crippen LogP contribution is -2.46. The van der Waals surface area contributed by atoms with Gasteiger partial charge in [0.1, 0.15) is 0 Å². The summed E-state index contributed by atoms with van der Waals surface area (Å²) in [4.78, 5) is 24.0. The van der Waals surface area contributed by atoms with Crippen LogP contribution in [0.15, 0.2) is 29.2 Å². The highest BCUT2D eigenvalue weighted by Crippen LogP contribution is 2.27. The Morgan fingerprint density at radius 2 is 1.64 bits per heavy atom. The molecule has 1 aromatic rings. The van der Waals surface area contributed by atoms with E-state index in [1.807, 2.05) is 6.92 Å². The molecule has 7 nitrogen and oxygen atoms in total. The van der Waals surface area contributed by atoms with Gasteiger partial charge >= 0.3 is 0 Å². The van der Waals surface area contributed by atoms with Gasteiger partial charge in [-0.15, -0.1) is 0 Å². The van der Waals surface area contributed by atoms with Gasteiger partial charge in [-0.3, -0.25) is 20.4 Å². The minimum Gasteiger partial charge on any atom is -0.273 e. The zero-order valence-electron chi connectivity index (χ0n) is 16.7. The van der Waals surface area contributed by atoms with E-state index in [0.717, 1.165) is 28.6 Å². The fourth-order valence-corrected chi connectivity index (χ4v) is 4.57. The Morgan fingerprint density at radius 1 is 1.04 bits per heavy atom. The molecular weight excluding hydrogens is 378 g/mol. The summed E-state index contributed by atoms with van der Waals surface area (Å²) in [6, 6.07) is 6.42. The normalized spacial score (nSPS) is 15.4. The van der Waals surface area contributed by atoms with Crippen LogP contribution in [0.2, 0.25) is 0 Å². The lowest BCUT2D eigenvalue weighted by Gasteiger charge is -2.21. The van der Waals surface area contributed by atoms with Gasteiger partial charge in [0.15, 0.2) is 0 Å². The average molecular weight is 410 g/mol. The molecule has 0 radical (unpaired) electrons. The van der Waals surface area contributed by atoms with Gasteiger partial charge in [0, 0.05) is 13.5 Å². The van der Waals surface area contributed by atoms with Crippen LogP contribution in [0, 0.1) is 12.8 Å². The number of carbonyl (C=O) groups is 2. The van der Waals surface area contributed by atoms with E-state index in [1.165, 1.54) is 51.3 Å². The molecule has 2 amide bonds. The summed E-state index contributed by atoms with van der Waals surface area (Å²) in [5.74, 6) is -0.121. The molecule has 1 saturated carbocycles. The maximum absolute atomic E-state index is 12.5. The van der Waals surface area contributed by atoms with E-state index >= 15 is 0 Å². The first-order chi connectivity index (χ1) is 13.3. The highest BCUT2D eigenvalue weighted by Gasteiger charge is 2.23. The highest BCUT2D eigenvalue weighted by molar-refractivity contribution is 7.89. The van der Waals surface area contributed by atoms with Crippen molar-refractivity contribution in [2.24, 2.45) is 5.92 Å². The van der Waals surface area contributed by atoms with Gasteiger partial charge in [-0.2, -0.15) is 4.31 Å². The number of hydrogen-bond acceptors (Lipinski definition) is 4. The lowest BCUT2D eigenvalue weighted by molar-refractivity contribution is -0.129. The van der Waals surface area contributed by atoms with E-state index in [-0.39, 0.29) is 17.3 Å². The zero-order chi connectivity index (χ0) is 20.6. The highest BCUT2D eigenvalue weighted by atomic mass is 32.2. The molecule has 0 bridgehead atoms. The van der Waals surface area contributed by atoms with Crippen molar-refractivity contribution in [1.29, 1.82) is 0 Å². The molecule has 8 heteroatoms. The Bertz CT molecular complexity index is 756. The number of benzene rings is 1. The molecule has 1 aliphatic carbocycles. The average Bonchev–Trinajstić information content (AvgIpc) is 2.67. The summed E-state index contributed by atoms with van der Waals surface area (Å²) in [7, 11) is -2.42. The summed E-state index contributed by atoms with van der Waals surface area (Å²) in [5, 5.41) is 0. The van der Waals surface area contributed by atoms with Gasteiger partial charge in [0.25, 0.3) is 5.91 Å². The molecule has 1 aromatic carbocycles. The van der Waals surface area contributed by atoms with Gasteiger partial charge in [0.05, 0.1) is 11.4 Å². The van der Waals surface area contributed by atoms with Crippen LogP contribution in [0.4, 0.5) is 0 Å². The molecule has 2 rings (SSSR count). The first-order valence-corrected chi connectivity index (χ1v) is 11.3. The molecule has 2 N–H and O–H groups in total. The smallest absolute Gasteiger partial charge is 0.253 e. The second kappa shape index (κ2) is 10.6. The Hall–Kier alpha value is -1.93. The number of hydrazine groups is 1. The molecule has 28 heavy (non-hydrogen) atoms. The van der Waals surface area contributed by atoms with Crippen molar-refractivity contribution in [3.8, 4) is 0 Å². The second-order valence-corrected chi connectivity index (χ2v) is 9.61. The number of likely N-dealkylation sites (N-methyl/N-ethyl adjacent to an activating group) is 1. The molecule has 0 saturated heterocycles. The zero-order valence-corrected chi connectivity index (χ0v) is 17.6. The van der Waals surface area contributed by atoms with Crippen molar-refractivity contribution in [1.82, 2.24) is 15.2 Å². The van der Waals surface area contributed by atoms with Gasteiger partial charge in [0.2, 0.25) is 15.9 Å². The summed E-state index contributed by atoms with van der Waals surface area (Å²) >= 11 is 0. The summed E-state index contributed by atoms with van der Waals surface area (Å²) in [6.45, 7) is 1.49. The van der Waals surface area contributed by atoms with Crippen LogP contribution in [0.25, 0.3) is 0 Å². The first kappa shape index (κ1) is 22.4. The Morgan fingerprint density at radius 3 is 2.29 bits per heavy atom. The predicted octanol–water partition coefficient (Wildman–Crippen LogP) is 2.51.